The molecule has 0 radical (unpaired) electrons. The van der Waals surface area contributed by atoms with Crippen LogP contribution in [0.15, 0.2) is 41.8 Å². The van der Waals surface area contributed by atoms with Gasteiger partial charge in [0.1, 0.15) is 5.82 Å². The average molecular weight is 493 g/mol. The Bertz CT molecular complexity index is 1170. The summed E-state index contributed by atoms with van der Waals surface area (Å²) >= 11 is 0. The largest absolute Gasteiger partial charge is 0.404 e. The molecule has 0 atom stereocenters. The Balaban J connectivity index is 1.25. The lowest BCUT2D eigenvalue weighted by Gasteiger charge is -2.41. The molecule has 0 unspecified atom stereocenters. The lowest BCUT2D eigenvalue weighted by Crippen LogP contribution is -2.53. The van der Waals surface area contributed by atoms with E-state index in [2.05, 4.69) is 25.5 Å². The van der Waals surface area contributed by atoms with Gasteiger partial charge in [-0.05, 0) is 61.9 Å². The number of hydrogen-bond acceptors (Lipinski definition) is 7. The van der Waals surface area contributed by atoms with Crippen molar-refractivity contribution in [1.82, 2.24) is 15.2 Å². The lowest BCUT2D eigenvalue weighted by molar-refractivity contribution is -0.0705. The van der Waals surface area contributed by atoms with E-state index in [0.717, 1.165) is 57.7 Å². The van der Waals surface area contributed by atoms with Crippen LogP contribution >= 0.6 is 0 Å². The van der Waals surface area contributed by atoms with Gasteiger partial charge in [-0.2, -0.15) is 0 Å². The normalized spacial score (nSPS) is 19.9. The van der Waals surface area contributed by atoms with Gasteiger partial charge >= 0.3 is 0 Å². The second-order valence-electron chi connectivity index (χ2n) is 9.85. The molecule has 0 spiro atoms. The molecular formula is C27H33FN6O2. The first-order valence-corrected chi connectivity index (χ1v) is 12.6. The number of allylic oxidation sites excluding steroid dienone is 1. The second kappa shape index (κ2) is 10.8. The molecule has 1 aromatic carbocycles. The van der Waals surface area contributed by atoms with Gasteiger partial charge in [-0.25, -0.2) is 4.39 Å². The van der Waals surface area contributed by atoms with Crippen molar-refractivity contribution in [2.75, 3.05) is 31.6 Å². The highest BCUT2D eigenvalue weighted by Crippen LogP contribution is 2.26. The van der Waals surface area contributed by atoms with E-state index in [1.54, 1.807) is 31.6 Å². The predicted octanol–water partition coefficient (Wildman–Crippen LogP) is 3.40. The summed E-state index contributed by atoms with van der Waals surface area (Å²) < 4.78 is 19.8. The van der Waals surface area contributed by atoms with E-state index in [9.17, 15) is 9.18 Å². The minimum Gasteiger partial charge on any atom is -0.404 e. The molecule has 3 fully saturated rings. The lowest BCUT2D eigenvalue weighted by atomic mass is 9.98. The summed E-state index contributed by atoms with van der Waals surface area (Å²) in [5, 5.41) is 6.43. The highest BCUT2D eigenvalue weighted by Gasteiger charge is 2.29. The van der Waals surface area contributed by atoms with Crippen molar-refractivity contribution >= 4 is 29.1 Å². The number of nitrogens with two attached hydrogens (primary N) is 1. The third-order valence-electron chi connectivity index (χ3n) is 7.08. The van der Waals surface area contributed by atoms with Crippen LogP contribution in [0.5, 0.6) is 0 Å². The number of carbonyl (C=O) groups is 1. The van der Waals surface area contributed by atoms with Crippen LogP contribution in [-0.2, 0) is 4.74 Å². The highest BCUT2D eigenvalue weighted by molar-refractivity contribution is 6.11. The third kappa shape index (κ3) is 5.74. The Kier molecular flexibility index (Phi) is 7.29. The van der Waals surface area contributed by atoms with E-state index in [1.165, 1.54) is 12.3 Å². The maximum Gasteiger partial charge on any atom is 0.254 e. The molecule has 4 N–H and O–H groups in total. The number of hydrogen-bond donors (Lipinski definition) is 3. The Labute approximate surface area is 210 Å². The van der Waals surface area contributed by atoms with E-state index in [-0.39, 0.29) is 11.6 Å². The molecule has 2 aromatic rings. The van der Waals surface area contributed by atoms with Crippen molar-refractivity contribution in [2.24, 2.45) is 10.7 Å². The van der Waals surface area contributed by atoms with Crippen LogP contribution in [0, 0.1) is 12.7 Å². The SMILES string of the molecule is Cc1cc(F)c(C(=O)NC2CC2)cc1C(C=Nc1cncc(NC2CCN(C3COC3)CC2)c1)=CN. The molecule has 5 rings (SSSR count). The van der Waals surface area contributed by atoms with Gasteiger partial charge in [0.2, 0.25) is 0 Å². The van der Waals surface area contributed by atoms with Crippen LogP contribution in [0.2, 0.25) is 0 Å². The molecule has 190 valence electrons. The number of benzene rings is 1. The molecular weight excluding hydrogens is 459 g/mol. The summed E-state index contributed by atoms with van der Waals surface area (Å²) in [5.41, 5.74) is 9.45. The maximum atomic E-state index is 14.5. The Morgan fingerprint density at radius 2 is 1.92 bits per heavy atom. The summed E-state index contributed by atoms with van der Waals surface area (Å²) in [6.45, 7) is 5.63. The number of carbonyl (C=O) groups excluding carboxylic acids is 1. The molecule has 0 bridgehead atoms. The first-order chi connectivity index (χ1) is 17.5. The standard InChI is InChI=1S/C27H33FN6O2/c1-17-8-26(28)25(27(35)33-19-2-3-19)10-24(17)18(11-29)12-31-21-9-22(14-30-13-21)32-20-4-6-34(7-5-20)23-15-36-16-23/h8-14,19-20,23,32H,2-7,15-16,29H2,1H3,(H,33,35). The van der Waals surface area contributed by atoms with Gasteiger partial charge in [0.15, 0.2) is 0 Å². The molecule has 9 heteroatoms. The number of pyridine rings is 1. The molecule has 1 saturated carbocycles. The van der Waals surface area contributed by atoms with Crippen molar-refractivity contribution in [2.45, 2.75) is 50.7 Å². The highest BCUT2D eigenvalue weighted by atomic mass is 19.1. The number of likely N-dealkylation sites (tertiary alicyclic amines) is 1. The van der Waals surface area contributed by atoms with Crippen molar-refractivity contribution in [1.29, 1.82) is 0 Å². The quantitative estimate of drug-likeness (QED) is 0.488. The van der Waals surface area contributed by atoms with E-state index in [1.807, 2.05) is 6.07 Å². The topological polar surface area (TPSA) is 105 Å². The van der Waals surface area contributed by atoms with Crippen molar-refractivity contribution < 1.29 is 13.9 Å². The smallest absolute Gasteiger partial charge is 0.254 e. The van der Waals surface area contributed by atoms with Crippen molar-refractivity contribution in [3.8, 4) is 0 Å². The van der Waals surface area contributed by atoms with Gasteiger partial charge in [0, 0.05) is 43.2 Å². The molecule has 2 saturated heterocycles. The minimum atomic E-state index is -0.544. The summed E-state index contributed by atoms with van der Waals surface area (Å²) in [6, 6.07) is 5.99. The predicted molar refractivity (Wildman–Crippen MR) is 139 cm³/mol. The minimum absolute atomic E-state index is 0.0130. The fourth-order valence-corrected chi connectivity index (χ4v) is 4.65. The number of anilines is 1. The third-order valence-corrected chi connectivity index (χ3v) is 7.08. The van der Waals surface area contributed by atoms with Crippen LogP contribution in [0.3, 0.4) is 0 Å². The van der Waals surface area contributed by atoms with E-state index in [0.29, 0.717) is 34.5 Å². The number of nitrogens with one attached hydrogen (secondary N) is 2. The summed E-state index contributed by atoms with van der Waals surface area (Å²) in [6.07, 6.45) is 10.6. The van der Waals surface area contributed by atoms with Crippen LogP contribution in [0.1, 0.15) is 47.2 Å². The van der Waals surface area contributed by atoms with Crippen LogP contribution < -0.4 is 16.4 Å². The Morgan fingerprint density at radius 3 is 2.58 bits per heavy atom. The summed E-state index contributed by atoms with van der Waals surface area (Å²) in [5.74, 6) is -0.947. The molecule has 36 heavy (non-hydrogen) atoms. The number of halogens is 1. The number of piperidine rings is 1. The zero-order valence-corrected chi connectivity index (χ0v) is 20.5. The molecule has 1 aliphatic carbocycles. The fourth-order valence-electron chi connectivity index (χ4n) is 4.65. The zero-order chi connectivity index (χ0) is 25.1. The number of rotatable bonds is 8. The molecule has 8 nitrogen and oxygen atoms in total. The molecule has 3 heterocycles. The van der Waals surface area contributed by atoms with Gasteiger partial charge in [-0.1, -0.05) is 0 Å². The number of aliphatic imine (C=N–C) groups is 1. The van der Waals surface area contributed by atoms with E-state index >= 15 is 0 Å². The monoisotopic (exact) mass is 492 g/mol. The number of aryl methyl sites for hydroxylation is 1. The second-order valence-corrected chi connectivity index (χ2v) is 9.85. The first kappa shape index (κ1) is 24.4. The van der Waals surface area contributed by atoms with Crippen LogP contribution in [-0.4, -0.2) is 66.4 Å². The van der Waals surface area contributed by atoms with Gasteiger partial charge < -0.3 is 21.1 Å². The Morgan fingerprint density at radius 1 is 1.14 bits per heavy atom. The van der Waals surface area contributed by atoms with E-state index < -0.39 is 11.7 Å². The fraction of sp³-hybridized carbons (Fsp3) is 0.444. The van der Waals surface area contributed by atoms with Gasteiger partial charge in [0.05, 0.1) is 48.6 Å². The van der Waals surface area contributed by atoms with Crippen LogP contribution in [0.25, 0.3) is 5.57 Å². The molecule has 1 amide bonds. The number of aromatic nitrogens is 1. The maximum absolute atomic E-state index is 14.5. The number of amides is 1. The average Bonchev–Trinajstić information content (AvgIpc) is 3.65. The van der Waals surface area contributed by atoms with Crippen LogP contribution in [0.4, 0.5) is 15.8 Å². The van der Waals surface area contributed by atoms with Crippen molar-refractivity contribution in [3.63, 3.8) is 0 Å². The summed E-state index contributed by atoms with van der Waals surface area (Å²) in [4.78, 5) is 23.9. The van der Waals surface area contributed by atoms with Gasteiger partial charge in [-0.3, -0.25) is 19.7 Å². The zero-order valence-electron chi connectivity index (χ0n) is 20.5. The number of nitrogens with zero attached hydrogens (tertiary/aromatic N) is 3. The van der Waals surface area contributed by atoms with Gasteiger partial charge in [0.25, 0.3) is 5.91 Å². The van der Waals surface area contributed by atoms with Crippen molar-refractivity contribution in [3.05, 3.63) is 59.3 Å². The van der Waals surface area contributed by atoms with E-state index in [4.69, 9.17) is 10.5 Å². The molecule has 1 aromatic heterocycles. The molecule has 3 aliphatic rings. The number of ether oxygens (including phenoxy) is 1. The molecule has 2 aliphatic heterocycles. The van der Waals surface area contributed by atoms with Gasteiger partial charge in [-0.15, -0.1) is 0 Å². The first-order valence-electron chi connectivity index (χ1n) is 12.6. The Hall–Kier alpha value is -3.30. The summed E-state index contributed by atoms with van der Waals surface area (Å²) in [7, 11) is 0.